The van der Waals surface area contributed by atoms with Gasteiger partial charge in [-0.2, -0.15) is 0 Å². The Hall–Kier alpha value is -1.03. The highest BCUT2D eigenvalue weighted by molar-refractivity contribution is 7.97. The van der Waals surface area contributed by atoms with Crippen LogP contribution in [-0.4, -0.2) is 19.6 Å². The molecule has 0 saturated heterocycles. The average molecular weight is 415 g/mol. The van der Waals surface area contributed by atoms with Crippen molar-refractivity contribution in [1.29, 1.82) is 0 Å². The van der Waals surface area contributed by atoms with Crippen molar-refractivity contribution in [3.8, 4) is 0 Å². The molecule has 0 aliphatic heterocycles. The molecule has 1 aliphatic rings. The Morgan fingerprint density at radius 2 is 1.55 bits per heavy atom. The molecule has 2 rings (SSSR count). The number of nitrogens with one attached hydrogen (secondary N) is 2. The fourth-order valence-corrected chi connectivity index (χ4v) is 4.86. The summed E-state index contributed by atoms with van der Waals surface area (Å²) in [7, 11) is 0. The van der Waals surface area contributed by atoms with Gasteiger partial charge in [-0.1, -0.05) is 77.5 Å². The van der Waals surface area contributed by atoms with E-state index in [-0.39, 0.29) is 0 Å². The van der Waals surface area contributed by atoms with E-state index in [2.05, 4.69) is 81.9 Å². The van der Waals surface area contributed by atoms with Gasteiger partial charge in [0.25, 0.3) is 0 Å². The zero-order chi connectivity index (χ0) is 21.2. The van der Waals surface area contributed by atoms with Crippen LogP contribution in [0.3, 0.4) is 0 Å². The van der Waals surface area contributed by atoms with E-state index in [1.807, 2.05) is 11.9 Å². The normalized spacial score (nSPS) is 14.3. The molecule has 162 valence electrons. The van der Waals surface area contributed by atoms with Gasteiger partial charge in [0.1, 0.15) is 0 Å². The van der Waals surface area contributed by atoms with Gasteiger partial charge in [-0.15, -0.1) is 0 Å². The maximum atomic E-state index is 3.61. The van der Waals surface area contributed by atoms with Gasteiger partial charge >= 0.3 is 0 Å². The van der Waals surface area contributed by atoms with E-state index in [1.165, 1.54) is 34.4 Å². The lowest BCUT2D eigenvalue weighted by Crippen LogP contribution is -2.25. The van der Waals surface area contributed by atoms with Crippen molar-refractivity contribution >= 4 is 11.9 Å². The van der Waals surface area contributed by atoms with Gasteiger partial charge in [0.2, 0.25) is 0 Å². The van der Waals surface area contributed by atoms with Crippen molar-refractivity contribution in [1.82, 2.24) is 10.0 Å². The van der Waals surface area contributed by atoms with Crippen molar-refractivity contribution in [3.63, 3.8) is 0 Å². The predicted molar refractivity (Wildman–Crippen MR) is 131 cm³/mol. The maximum absolute atomic E-state index is 3.61. The van der Waals surface area contributed by atoms with Crippen LogP contribution < -0.4 is 10.0 Å². The molecule has 29 heavy (non-hydrogen) atoms. The molecule has 2 N–H and O–H groups in total. The van der Waals surface area contributed by atoms with Crippen molar-refractivity contribution < 1.29 is 0 Å². The Balaban J connectivity index is 1.80. The minimum absolute atomic E-state index is 0.539. The second-order valence-electron chi connectivity index (χ2n) is 9.12. The lowest BCUT2D eigenvalue weighted by Gasteiger charge is -2.22. The summed E-state index contributed by atoms with van der Waals surface area (Å²) in [6.07, 6.45) is 11.7. The number of allylic oxidation sites excluding steroid dienone is 4. The lowest BCUT2D eigenvalue weighted by molar-refractivity contribution is 0.639. The van der Waals surface area contributed by atoms with E-state index in [1.54, 1.807) is 5.57 Å². The summed E-state index contributed by atoms with van der Waals surface area (Å²) in [5.74, 6) is 1.65. The first-order chi connectivity index (χ1) is 13.9. The molecule has 0 radical (unpaired) electrons. The summed E-state index contributed by atoms with van der Waals surface area (Å²) >= 11 is 1.83. The fraction of sp³-hybridized carbons (Fsp3) is 0.615. The van der Waals surface area contributed by atoms with E-state index < -0.39 is 0 Å². The van der Waals surface area contributed by atoms with Crippen LogP contribution in [0.4, 0.5) is 0 Å². The third-order valence-electron chi connectivity index (χ3n) is 5.60. The molecule has 0 heterocycles. The number of hydrogen-bond donors (Lipinski definition) is 2. The molecule has 2 nitrogen and oxygen atoms in total. The molecule has 0 spiro atoms. The summed E-state index contributed by atoms with van der Waals surface area (Å²) < 4.78 is 3.61. The van der Waals surface area contributed by atoms with Crippen LogP contribution in [0.15, 0.2) is 40.8 Å². The van der Waals surface area contributed by atoms with Crippen LogP contribution in [0, 0.1) is 0 Å². The van der Waals surface area contributed by atoms with Crippen LogP contribution in [0.5, 0.6) is 0 Å². The first kappa shape index (κ1) is 24.2. The summed E-state index contributed by atoms with van der Waals surface area (Å²) in [4.78, 5) is 1.44. The highest BCUT2D eigenvalue weighted by atomic mass is 32.2. The fourth-order valence-electron chi connectivity index (χ4n) is 3.69. The van der Waals surface area contributed by atoms with Crippen molar-refractivity contribution in [3.05, 3.63) is 52.6 Å². The lowest BCUT2D eigenvalue weighted by atomic mass is 9.89. The Labute approximate surface area is 184 Å². The molecule has 0 aromatic heterocycles. The highest BCUT2D eigenvalue weighted by Crippen LogP contribution is 2.37. The van der Waals surface area contributed by atoms with Crippen LogP contribution in [-0.2, 0) is 0 Å². The van der Waals surface area contributed by atoms with Crippen LogP contribution in [0.2, 0.25) is 0 Å². The molecule has 0 unspecified atom stereocenters. The van der Waals surface area contributed by atoms with E-state index in [9.17, 15) is 0 Å². The molecule has 0 fully saturated rings. The first-order valence-corrected chi connectivity index (χ1v) is 12.3. The molecule has 0 bridgehead atoms. The number of hydrogen-bond acceptors (Lipinski definition) is 3. The molecular weight excluding hydrogens is 372 g/mol. The van der Waals surface area contributed by atoms with E-state index in [0.717, 1.165) is 32.5 Å². The van der Waals surface area contributed by atoms with E-state index >= 15 is 0 Å². The third kappa shape index (κ3) is 7.96. The van der Waals surface area contributed by atoms with Crippen molar-refractivity contribution in [2.75, 3.05) is 19.6 Å². The highest BCUT2D eigenvalue weighted by Gasteiger charge is 2.17. The second-order valence-corrected chi connectivity index (χ2v) is 10.0. The Bertz CT molecular complexity index is 657. The topological polar surface area (TPSA) is 24.1 Å². The molecule has 1 aromatic rings. The van der Waals surface area contributed by atoms with Gasteiger partial charge in [-0.3, -0.25) is 4.72 Å². The van der Waals surface area contributed by atoms with Gasteiger partial charge in [-0.25, -0.2) is 0 Å². The minimum Gasteiger partial charge on any atom is -0.315 e. The van der Waals surface area contributed by atoms with Gasteiger partial charge in [0.05, 0.1) is 0 Å². The smallest absolute Gasteiger partial charge is 0.0297 e. The maximum Gasteiger partial charge on any atom is 0.0297 e. The zero-order valence-corrected chi connectivity index (χ0v) is 20.3. The van der Waals surface area contributed by atoms with Crippen molar-refractivity contribution in [2.24, 2.45) is 0 Å². The summed E-state index contributed by atoms with van der Waals surface area (Å²) in [6, 6.07) is 4.86. The van der Waals surface area contributed by atoms with Gasteiger partial charge in [0, 0.05) is 18.0 Å². The van der Waals surface area contributed by atoms with E-state index in [4.69, 9.17) is 0 Å². The molecule has 0 saturated carbocycles. The summed E-state index contributed by atoms with van der Waals surface area (Å²) in [5, 5.41) is 3.59. The van der Waals surface area contributed by atoms with Crippen molar-refractivity contribution in [2.45, 2.75) is 89.9 Å². The Morgan fingerprint density at radius 3 is 2.10 bits per heavy atom. The molecular formula is C26H42N2S. The minimum atomic E-state index is 0.539. The standard InChI is InChI=1S/C26H42N2S/c1-19(2)23-17-24(20(3)4)26(25(18-23)21(5)6)29-28-16-15-27-14-10-13-22-11-8-7-9-12-22/h7-8,12,17-21,27-28H,9-11,13-16H2,1-6H3. The largest absolute Gasteiger partial charge is 0.315 e. The second kappa shape index (κ2) is 12.6. The van der Waals surface area contributed by atoms with Crippen LogP contribution in [0.1, 0.15) is 102 Å². The van der Waals surface area contributed by atoms with Gasteiger partial charge in [0.15, 0.2) is 0 Å². The summed E-state index contributed by atoms with van der Waals surface area (Å²) in [6.45, 7) is 16.9. The quantitative estimate of drug-likeness (QED) is 0.213. The van der Waals surface area contributed by atoms with E-state index in [0.29, 0.717) is 17.8 Å². The number of benzene rings is 1. The molecule has 1 aromatic carbocycles. The molecule has 0 amide bonds. The molecule has 1 aliphatic carbocycles. The average Bonchev–Trinajstić information content (AvgIpc) is 2.70. The van der Waals surface area contributed by atoms with Gasteiger partial charge in [-0.05, 0) is 78.6 Å². The first-order valence-electron chi connectivity index (χ1n) is 11.5. The van der Waals surface area contributed by atoms with Crippen LogP contribution in [0.25, 0.3) is 0 Å². The summed E-state index contributed by atoms with van der Waals surface area (Å²) in [5.41, 5.74) is 6.04. The van der Waals surface area contributed by atoms with Gasteiger partial charge < -0.3 is 5.32 Å². The number of rotatable bonds is 12. The molecule has 3 heteroatoms. The monoisotopic (exact) mass is 414 g/mol. The zero-order valence-electron chi connectivity index (χ0n) is 19.5. The Kier molecular flexibility index (Phi) is 10.5. The Morgan fingerprint density at radius 1 is 0.862 bits per heavy atom. The SMILES string of the molecule is CC(C)c1cc(C(C)C)c(SNCCNCCCC2=CCC=CC2)c(C(C)C)c1. The van der Waals surface area contributed by atoms with Crippen LogP contribution >= 0.6 is 11.9 Å². The molecule has 0 atom stereocenters. The predicted octanol–water partition coefficient (Wildman–Crippen LogP) is 7.30. The third-order valence-corrected chi connectivity index (χ3v) is 6.62.